The number of ether oxygens (including phenoxy) is 1. The summed E-state index contributed by atoms with van der Waals surface area (Å²) < 4.78 is 18.3. The number of hydrogen-bond donors (Lipinski definition) is 2. The molecule has 2 heterocycles. The zero-order valence-electron chi connectivity index (χ0n) is 10.9. The summed E-state index contributed by atoms with van der Waals surface area (Å²) >= 11 is 0. The first kappa shape index (κ1) is 13.9. The molecule has 19 heavy (non-hydrogen) atoms. The molecule has 104 valence electrons. The summed E-state index contributed by atoms with van der Waals surface area (Å²) in [5, 5.41) is 5.90. The molecule has 0 bridgehead atoms. The molecular formula is C13H18FN3O2. The lowest BCUT2D eigenvalue weighted by atomic mass is 10.0. The predicted octanol–water partition coefficient (Wildman–Crippen LogP) is 1.17. The van der Waals surface area contributed by atoms with Gasteiger partial charge in [-0.05, 0) is 25.1 Å². The van der Waals surface area contributed by atoms with Crippen LogP contribution in [0.4, 0.5) is 10.2 Å². The van der Waals surface area contributed by atoms with E-state index in [4.69, 9.17) is 4.74 Å². The molecule has 5 nitrogen and oxygen atoms in total. The van der Waals surface area contributed by atoms with Crippen molar-refractivity contribution in [2.75, 3.05) is 25.1 Å². The van der Waals surface area contributed by atoms with Crippen molar-refractivity contribution in [2.24, 2.45) is 5.92 Å². The Labute approximate surface area is 111 Å². The highest BCUT2D eigenvalue weighted by Crippen LogP contribution is 2.16. The monoisotopic (exact) mass is 267 g/mol. The Balaban J connectivity index is 1.95. The van der Waals surface area contributed by atoms with Crippen LogP contribution in [-0.4, -0.2) is 36.7 Å². The van der Waals surface area contributed by atoms with Gasteiger partial charge >= 0.3 is 0 Å². The normalized spacial score (nSPS) is 22.4. The summed E-state index contributed by atoms with van der Waals surface area (Å²) in [6, 6.07) is 4.31. The average molecular weight is 267 g/mol. The Morgan fingerprint density at radius 2 is 2.37 bits per heavy atom. The van der Waals surface area contributed by atoms with Crippen LogP contribution in [0, 0.1) is 11.9 Å². The van der Waals surface area contributed by atoms with Crippen LogP contribution in [0.1, 0.15) is 13.3 Å². The predicted molar refractivity (Wildman–Crippen MR) is 69.2 cm³/mol. The summed E-state index contributed by atoms with van der Waals surface area (Å²) in [6.45, 7) is 3.81. The standard InChI is InChI=1S/C13H18FN3O2/c1-2-6-15-10-8-19-7-9(10)13(18)17-12-5-3-4-11(14)16-12/h3-5,9-10,15H,2,6-8H2,1H3,(H,16,17,18). The molecule has 0 spiro atoms. The zero-order valence-corrected chi connectivity index (χ0v) is 10.9. The maximum atomic E-state index is 12.9. The van der Waals surface area contributed by atoms with Gasteiger partial charge in [0.25, 0.3) is 0 Å². The van der Waals surface area contributed by atoms with Crippen LogP contribution in [0.5, 0.6) is 0 Å². The topological polar surface area (TPSA) is 63.2 Å². The zero-order chi connectivity index (χ0) is 13.7. The highest BCUT2D eigenvalue weighted by atomic mass is 19.1. The lowest BCUT2D eigenvalue weighted by Gasteiger charge is -2.18. The molecule has 0 saturated carbocycles. The number of rotatable bonds is 5. The molecule has 2 N–H and O–H groups in total. The maximum absolute atomic E-state index is 12.9. The molecule has 1 saturated heterocycles. The van der Waals surface area contributed by atoms with Gasteiger partial charge in [-0.2, -0.15) is 4.39 Å². The first-order valence-corrected chi connectivity index (χ1v) is 6.45. The van der Waals surface area contributed by atoms with Crippen LogP contribution in [0.3, 0.4) is 0 Å². The van der Waals surface area contributed by atoms with Crippen molar-refractivity contribution in [3.8, 4) is 0 Å². The molecule has 1 aromatic heterocycles. The van der Waals surface area contributed by atoms with E-state index in [0.29, 0.717) is 13.2 Å². The van der Waals surface area contributed by atoms with Gasteiger partial charge in [-0.1, -0.05) is 13.0 Å². The summed E-state index contributed by atoms with van der Waals surface area (Å²) in [5.74, 6) is -0.840. The van der Waals surface area contributed by atoms with Crippen LogP contribution >= 0.6 is 0 Å². The van der Waals surface area contributed by atoms with Crippen molar-refractivity contribution in [3.05, 3.63) is 24.1 Å². The summed E-state index contributed by atoms with van der Waals surface area (Å²) in [7, 11) is 0. The van der Waals surface area contributed by atoms with Crippen LogP contribution in [0.25, 0.3) is 0 Å². The van der Waals surface area contributed by atoms with Gasteiger partial charge in [0.05, 0.1) is 19.1 Å². The van der Waals surface area contributed by atoms with Gasteiger partial charge in [-0.25, -0.2) is 4.98 Å². The van der Waals surface area contributed by atoms with Crippen LogP contribution in [-0.2, 0) is 9.53 Å². The number of nitrogens with one attached hydrogen (secondary N) is 2. The first-order chi connectivity index (χ1) is 9.20. The van der Waals surface area contributed by atoms with Gasteiger partial charge in [0.1, 0.15) is 5.82 Å². The number of halogens is 1. The Hall–Kier alpha value is -1.53. The van der Waals surface area contributed by atoms with Crippen molar-refractivity contribution in [1.29, 1.82) is 0 Å². The second-order valence-electron chi connectivity index (χ2n) is 4.54. The Bertz CT molecular complexity index is 442. The van der Waals surface area contributed by atoms with Gasteiger partial charge in [-0.15, -0.1) is 0 Å². The third-order valence-electron chi connectivity index (χ3n) is 3.04. The third kappa shape index (κ3) is 3.71. The van der Waals surface area contributed by atoms with E-state index >= 15 is 0 Å². The number of amides is 1. The highest BCUT2D eigenvalue weighted by molar-refractivity contribution is 5.92. The quantitative estimate of drug-likeness (QED) is 0.786. The average Bonchev–Trinajstić information content (AvgIpc) is 2.84. The Morgan fingerprint density at radius 1 is 1.53 bits per heavy atom. The van der Waals surface area contributed by atoms with Crippen molar-refractivity contribution in [2.45, 2.75) is 19.4 Å². The van der Waals surface area contributed by atoms with Gasteiger partial charge in [-0.3, -0.25) is 4.79 Å². The van der Waals surface area contributed by atoms with Gasteiger partial charge in [0.2, 0.25) is 11.9 Å². The fourth-order valence-electron chi connectivity index (χ4n) is 2.04. The molecule has 0 radical (unpaired) electrons. The minimum Gasteiger partial charge on any atom is -0.379 e. The second-order valence-corrected chi connectivity index (χ2v) is 4.54. The lowest BCUT2D eigenvalue weighted by molar-refractivity contribution is -0.120. The Morgan fingerprint density at radius 3 is 3.11 bits per heavy atom. The molecule has 6 heteroatoms. The molecule has 1 aliphatic heterocycles. The van der Waals surface area contributed by atoms with Crippen molar-refractivity contribution in [1.82, 2.24) is 10.3 Å². The molecule has 2 atom stereocenters. The number of pyridine rings is 1. The molecule has 1 aliphatic rings. The number of carbonyl (C=O) groups is 1. The van der Waals surface area contributed by atoms with E-state index in [0.717, 1.165) is 13.0 Å². The van der Waals surface area contributed by atoms with Crippen molar-refractivity contribution < 1.29 is 13.9 Å². The van der Waals surface area contributed by atoms with Crippen LogP contribution in [0.2, 0.25) is 0 Å². The Kier molecular flexibility index (Phi) is 4.81. The molecule has 0 aromatic carbocycles. The smallest absolute Gasteiger partial charge is 0.232 e. The molecule has 1 aromatic rings. The third-order valence-corrected chi connectivity index (χ3v) is 3.04. The van der Waals surface area contributed by atoms with E-state index in [2.05, 4.69) is 22.5 Å². The summed E-state index contributed by atoms with van der Waals surface area (Å²) in [5.41, 5.74) is 0. The van der Waals surface area contributed by atoms with Crippen LogP contribution < -0.4 is 10.6 Å². The van der Waals surface area contributed by atoms with Crippen molar-refractivity contribution in [3.63, 3.8) is 0 Å². The van der Waals surface area contributed by atoms with Gasteiger partial charge in [0, 0.05) is 6.04 Å². The van der Waals surface area contributed by atoms with Gasteiger partial charge < -0.3 is 15.4 Å². The molecule has 1 fully saturated rings. The minimum absolute atomic E-state index is 0.00788. The van der Waals surface area contributed by atoms with Crippen LogP contribution in [0.15, 0.2) is 18.2 Å². The maximum Gasteiger partial charge on any atom is 0.232 e. The van der Waals surface area contributed by atoms with Gasteiger partial charge in [0.15, 0.2) is 0 Å². The van der Waals surface area contributed by atoms with E-state index in [1.54, 1.807) is 6.07 Å². The number of aromatic nitrogens is 1. The van der Waals surface area contributed by atoms with E-state index in [9.17, 15) is 9.18 Å². The fraction of sp³-hybridized carbons (Fsp3) is 0.538. The first-order valence-electron chi connectivity index (χ1n) is 6.45. The number of hydrogen-bond acceptors (Lipinski definition) is 4. The molecule has 2 rings (SSSR count). The summed E-state index contributed by atoms with van der Waals surface area (Å²) in [4.78, 5) is 15.7. The number of nitrogens with zero attached hydrogens (tertiary/aromatic N) is 1. The van der Waals surface area contributed by atoms with Crippen molar-refractivity contribution >= 4 is 11.7 Å². The lowest BCUT2D eigenvalue weighted by Crippen LogP contribution is -2.41. The van der Waals surface area contributed by atoms with E-state index in [-0.39, 0.29) is 23.7 Å². The molecule has 2 unspecified atom stereocenters. The number of anilines is 1. The van der Waals surface area contributed by atoms with E-state index in [1.165, 1.54) is 12.1 Å². The minimum atomic E-state index is -0.610. The molecular weight excluding hydrogens is 249 g/mol. The second kappa shape index (κ2) is 6.58. The largest absolute Gasteiger partial charge is 0.379 e. The van der Waals surface area contributed by atoms with E-state index < -0.39 is 5.95 Å². The molecule has 0 aliphatic carbocycles. The highest BCUT2D eigenvalue weighted by Gasteiger charge is 2.33. The SMILES string of the molecule is CCCNC1COCC1C(=O)Nc1cccc(F)n1. The fourth-order valence-corrected chi connectivity index (χ4v) is 2.04. The number of carbonyl (C=O) groups excluding carboxylic acids is 1. The van der Waals surface area contributed by atoms with E-state index in [1.807, 2.05) is 0 Å². The summed E-state index contributed by atoms with van der Waals surface area (Å²) in [6.07, 6.45) is 0.996. The molecule has 1 amide bonds.